The van der Waals surface area contributed by atoms with Gasteiger partial charge in [0.05, 0.1) is 12.0 Å². The summed E-state index contributed by atoms with van der Waals surface area (Å²) >= 11 is 0. The molecular formula is C19H22N2O6S. The number of nitrogens with zero attached hydrogens (tertiary/aromatic N) is 1. The van der Waals surface area contributed by atoms with Crippen molar-refractivity contribution < 1.29 is 27.5 Å². The minimum atomic E-state index is -3.88. The van der Waals surface area contributed by atoms with E-state index in [0.717, 1.165) is 4.31 Å². The molecule has 2 rings (SSSR count). The molecule has 28 heavy (non-hydrogen) atoms. The maximum absolute atomic E-state index is 12.6. The Kier molecular flexibility index (Phi) is 7.13. The van der Waals surface area contributed by atoms with Crippen molar-refractivity contribution in [3.05, 3.63) is 54.1 Å². The first-order valence-electron chi connectivity index (χ1n) is 8.35. The fourth-order valence-electron chi connectivity index (χ4n) is 2.39. The van der Waals surface area contributed by atoms with Crippen LogP contribution in [0.25, 0.3) is 0 Å². The Morgan fingerprint density at radius 1 is 1.07 bits per heavy atom. The molecule has 0 heterocycles. The molecule has 0 radical (unpaired) electrons. The van der Waals surface area contributed by atoms with Crippen LogP contribution < -0.4 is 10.1 Å². The van der Waals surface area contributed by atoms with Gasteiger partial charge in [-0.05, 0) is 30.3 Å². The molecule has 0 atom stereocenters. The summed E-state index contributed by atoms with van der Waals surface area (Å²) in [5.74, 6) is -0.368. The standard InChI is InChI=1S/C19H22N2O6S/c1-14(22)20-16-8-10-17(11-9-16)28(24,25)21(2)12-19(23)27-13-15-6-4-5-7-18(15)26-3/h4-11H,12-13H2,1-3H3,(H,20,22). The van der Waals surface area contributed by atoms with Crippen LogP contribution in [0.2, 0.25) is 0 Å². The highest BCUT2D eigenvalue weighted by Gasteiger charge is 2.23. The predicted octanol–water partition coefficient (Wildman–Crippen LogP) is 2.02. The number of hydrogen-bond donors (Lipinski definition) is 1. The van der Waals surface area contributed by atoms with E-state index in [2.05, 4.69) is 5.32 Å². The lowest BCUT2D eigenvalue weighted by Gasteiger charge is -2.17. The Hall–Kier alpha value is -2.91. The van der Waals surface area contributed by atoms with Gasteiger partial charge >= 0.3 is 5.97 Å². The number of carbonyl (C=O) groups excluding carboxylic acids is 2. The molecule has 9 heteroatoms. The number of carbonyl (C=O) groups is 2. The van der Waals surface area contributed by atoms with Crippen LogP contribution in [0.4, 0.5) is 5.69 Å². The smallest absolute Gasteiger partial charge is 0.321 e. The van der Waals surface area contributed by atoms with Gasteiger partial charge < -0.3 is 14.8 Å². The second kappa shape index (κ2) is 9.34. The normalized spacial score (nSPS) is 11.1. The SMILES string of the molecule is COc1ccccc1COC(=O)CN(C)S(=O)(=O)c1ccc(NC(C)=O)cc1. The van der Waals surface area contributed by atoms with Crippen molar-refractivity contribution in [2.45, 2.75) is 18.4 Å². The van der Waals surface area contributed by atoms with Gasteiger partial charge in [-0.3, -0.25) is 9.59 Å². The first-order chi connectivity index (χ1) is 13.2. The van der Waals surface area contributed by atoms with E-state index in [4.69, 9.17) is 9.47 Å². The van der Waals surface area contributed by atoms with E-state index < -0.39 is 22.5 Å². The number of methoxy groups -OCH3 is 1. The number of amides is 1. The van der Waals surface area contributed by atoms with Crippen LogP contribution in [-0.4, -0.2) is 45.3 Å². The van der Waals surface area contributed by atoms with E-state index in [9.17, 15) is 18.0 Å². The maximum atomic E-state index is 12.6. The molecule has 0 bridgehead atoms. The minimum Gasteiger partial charge on any atom is -0.496 e. The summed E-state index contributed by atoms with van der Waals surface area (Å²) in [6.45, 7) is 0.891. The number of anilines is 1. The number of hydrogen-bond acceptors (Lipinski definition) is 6. The Labute approximate surface area is 164 Å². The van der Waals surface area contributed by atoms with Crippen LogP contribution in [0.15, 0.2) is 53.4 Å². The molecule has 2 aromatic rings. The molecule has 0 aliphatic rings. The quantitative estimate of drug-likeness (QED) is 0.673. The molecule has 0 aromatic heterocycles. The van der Waals surface area contributed by atoms with E-state index >= 15 is 0 Å². The summed E-state index contributed by atoms with van der Waals surface area (Å²) in [5, 5.41) is 2.55. The molecule has 0 saturated carbocycles. The first kappa shape index (κ1) is 21.4. The fraction of sp³-hybridized carbons (Fsp3) is 0.263. The highest BCUT2D eigenvalue weighted by molar-refractivity contribution is 7.89. The first-order valence-corrected chi connectivity index (χ1v) is 9.79. The van der Waals surface area contributed by atoms with Crippen molar-refractivity contribution in [1.29, 1.82) is 0 Å². The lowest BCUT2D eigenvalue weighted by molar-refractivity contribution is -0.145. The number of esters is 1. The number of benzene rings is 2. The molecule has 2 aromatic carbocycles. The molecule has 0 fully saturated rings. The molecule has 0 aliphatic carbocycles. The average Bonchev–Trinajstić information content (AvgIpc) is 2.66. The minimum absolute atomic E-state index is 0.00151. The van der Waals surface area contributed by atoms with Gasteiger partial charge in [0.1, 0.15) is 18.9 Å². The summed E-state index contributed by atoms with van der Waals surface area (Å²) in [5.41, 5.74) is 1.16. The van der Waals surface area contributed by atoms with E-state index in [1.807, 2.05) is 0 Å². The molecule has 150 valence electrons. The average molecular weight is 406 g/mol. The summed E-state index contributed by atoms with van der Waals surface area (Å²) in [4.78, 5) is 23.1. The zero-order chi connectivity index (χ0) is 20.7. The van der Waals surface area contributed by atoms with Crippen molar-refractivity contribution in [2.75, 3.05) is 26.0 Å². The van der Waals surface area contributed by atoms with Gasteiger partial charge in [-0.25, -0.2) is 8.42 Å². The lowest BCUT2D eigenvalue weighted by atomic mass is 10.2. The zero-order valence-corrected chi connectivity index (χ0v) is 16.7. The predicted molar refractivity (Wildman–Crippen MR) is 103 cm³/mol. The summed E-state index contributed by atoms with van der Waals surface area (Å²) in [6.07, 6.45) is 0. The van der Waals surface area contributed by atoms with Crippen LogP contribution in [0.1, 0.15) is 12.5 Å². The Morgan fingerprint density at radius 2 is 1.71 bits per heavy atom. The van der Waals surface area contributed by atoms with Gasteiger partial charge in [-0.15, -0.1) is 0 Å². The zero-order valence-electron chi connectivity index (χ0n) is 15.8. The van der Waals surface area contributed by atoms with Crippen LogP contribution in [0.3, 0.4) is 0 Å². The number of rotatable bonds is 8. The van der Waals surface area contributed by atoms with Gasteiger partial charge in [-0.1, -0.05) is 18.2 Å². The highest BCUT2D eigenvalue weighted by Crippen LogP contribution is 2.19. The molecule has 0 aliphatic heterocycles. The summed E-state index contributed by atoms with van der Waals surface area (Å²) in [6, 6.07) is 12.7. The van der Waals surface area contributed by atoms with Gasteiger partial charge in [0.15, 0.2) is 0 Å². The second-order valence-electron chi connectivity index (χ2n) is 5.94. The molecule has 8 nitrogen and oxygen atoms in total. The van der Waals surface area contributed by atoms with Crippen LogP contribution >= 0.6 is 0 Å². The fourth-order valence-corrected chi connectivity index (χ4v) is 3.50. The molecular weight excluding hydrogens is 384 g/mol. The van der Waals surface area contributed by atoms with Gasteiger partial charge in [0.2, 0.25) is 15.9 Å². The van der Waals surface area contributed by atoms with Crippen molar-refractivity contribution in [3.63, 3.8) is 0 Å². The molecule has 1 amide bonds. The monoisotopic (exact) mass is 406 g/mol. The van der Waals surface area contributed by atoms with Gasteiger partial charge in [-0.2, -0.15) is 4.31 Å². The summed E-state index contributed by atoms with van der Waals surface area (Å²) in [7, 11) is -1.07. The van der Waals surface area contributed by atoms with E-state index in [1.54, 1.807) is 24.3 Å². The van der Waals surface area contributed by atoms with Crippen molar-refractivity contribution in [3.8, 4) is 5.75 Å². The molecule has 0 spiro atoms. The molecule has 1 N–H and O–H groups in total. The molecule has 0 unspecified atom stereocenters. The number of nitrogens with one attached hydrogen (secondary N) is 1. The lowest BCUT2D eigenvalue weighted by Crippen LogP contribution is -2.33. The number of para-hydroxylation sites is 1. The van der Waals surface area contributed by atoms with Crippen LogP contribution in [0, 0.1) is 0 Å². The van der Waals surface area contributed by atoms with E-state index in [-0.39, 0.29) is 17.4 Å². The van der Waals surface area contributed by atoms with Gasteiger partial charge in [0, 0.05) is 25.2 Å². The highest BCUT2D eigenvalue weighted by atomic mass is 32.2. The Balaban J connectivity index is 1.99. The Morgan fingerprint density at radius 3 is 2.32 bits per heavy atom. The van der Waals surface area contributed by atoms with Crippen molar-refractivity contribution in [1.82, 2.24) is 4.31 Å². The Bertz CT molecular complexity index is 941. The number of ether oxygens (including phenoxy) is 2. The maximum Gasteiger partial charge on any atom is 0.321 e. The number of sulfonamides is 1. The molecule has 0 saturated heterocycles. The van der Waals surface area contributed by atoms with Crippen molar-refractivity contribution >= 4 is 27.6 Å². The number of likely N-dealkylation sites (N-methyl/N-ethyl adjacent to an activating group) is 1. The topological polar surface area (TPSA) is 102 Å². The van der Waals surface area contributed by atoms with Gasteiger partial charge in [0.25, 0.3) is 0 Å². The van der Waals surface area contributed by atoms with E-state index in [0.29, 0.717) is 17.0 Å². The third-order valence-corrected chi connectivity index (χ3v) is 5.63. The summed E-state index contributed by atoms with van der Waals surface area (Å²) < 4.78 is 36.4. The third-order valence-electron chi connectivity index (χ3n) is 3.82. The van der Waals surface area contributed by atoms with E-state index in [1.165, 1.54) is 45.3 Å². The second-order valence-corrected chi connectivity index (χ2v) is 7.98. The van der Waals surface area contributed by atoms with Crippen LogP contribution in [-0.2, 0) is 31.0 Å². The van der Waals surface area contributed by atoms with Crippen molar-refractivity contribution in [2.24, 2.45) is 0 Å². The largest absolute Gasteiger partial charge is 0.496 e. The van der Waals surface area contributed by atoms with Crippen LogP contribution in [0.5, 0.6) is 5.75 Å². The third kappa shape index (κ3) is 5.54.